The standard InChI is InChI=1S/C17H20N2O/c1-11(10-18-2)17(20)19-15-9-8-13-7-6-12-4-3-5-14(15)16(12)13/h3-5,8-9,11,18H,6-7,10H2,1-2H3,(H,19,20). The topological polar surface area (TPSA) is 41.1 Å². The van der Waals surface area contributed by atoms with Gasteiger partial charge in [0.1, 0.15) is 0 Å². The summed E-state index contributed by atoms with van der Waals surface area (Å²) in [5, 5.41) is 8.62. The van der Waals surface area contributed by atoms with E-state index in [0.29, 0.717) is 6.54 Å². The van der Waals surface area contributed by atoms with Crippen molar-refractivity contribution in [3.8, 4) is 0 Å². The first-order valence-corrected chi connectivity index (χ1v) is 7.19. The summed E-state index contributed by atoms with van der Waals surface area (Å²) in [6, 6.07) is 10.6. The van der Waals surface area contributed by atoms with E-state index in [-0.39, 0.29) is 11.8 Å². The number of nitrogens with one attached hydrogen (secondary N) is 2. The first-order chi connectivity index (χ1) is 9.70. The average molecular weight is 268 g/mol. The highest BCUT2D eigenvalue weighted by molar-refractivity contribution is 6.05. The minimum Gasteiger partial charge on any atom is -0.325 e. The van der Waals surface area contributed by atoms with E-state index in [1.165, 1.54) is 21.9 Å². The predicted molar refractivity (Wildman–Crippen MR) is 83.1 cm³/mol. The van der Waals surface area contributed by atoms with E-state index in [4.69, 9.17) is 0 Å². The Bertz CT molecular complexity index is 653. The van der Waals surface area contributed by atoms with E-state index in [2.05, 4.69) is 34.9 Å². The van der Waals surface area contributed by atoms with Crippen molar-refractivity contribution in [3.05, 3.63) is 41.5 Å². The van der Waals surface area contributed by atoms with Crippen LogP contribution in [0.1, 0.15) is 18.1 Å². The molecule has 2 N–H and O–H groups in total. The number of amides is 1. The molecule has 0 spiro atoms. The number of hydrogen-bond acceptors (Lipinski definition) is 2. The van der Waals surface area contributed by atoms with Crippen LogP contribution in [-0.4, -0.2) is 19.5 Å². The monoisotopic (exact) mass is 268 g/mol. The number of carbonyl (C=O) groups is 1. The molecule has 1 aliphatic carbocycles. The molecule has 0 bridgehead atoms. The second-order valence-electron chi connectivity index (χ2n) is 5.56. The zero-order chi connectivity index (χ0) is 14.1. The quantitative estimate of drug-likeness (QED) is 0.895. The second kappa shape index (κ2) is 5.25. The minimum absolute atomic E-state index is 0.0389. The fourth-order valence-electron chi connectivity index (χ4n) is 3.01. The van der Waals surface area contributed by atoms with Crippen molar-refractivity contribution in [3.63, 3.8) is 0 Å². The van der Waals surface area contributed by atoms with Gasteiger partial charge in [0.25, 0.3) is 0 Å². The van der Waals surface area contributed by atoms with Crippen LogP contribution in [-0.2, 0) is 17.6 Å². The molecule has 0 aliphatic heterocycles. The number of anilines is 1. The van der Waals surface area contributed by atoms with E-state index in [1.54, 1.807) is 0 Å². The van der Waals surface area contributed by atoms with Gasteiger partial charge in [-0.15, -0.1) is 0 Å². The molecule has 3 heteroatoms. The van der Waals surface area contributed by atoms with Crippen molar-refractivity contribution in [2.24, 2.45) is 5.92 Å². The maximum Gasteiger partial charge on any atom is 0.228 e. The lowest BCUT2D eigenvalue weighted by Crippen LogP contribution is -2.28. The third-order valence-corrected chi connectivity index (χ3v) is 4.09. The molecule has 2 aromatic rings. The summed E-state index contributed by atoms with van der Waals surface area (Å²) < 4.78 is 0. The van der Waals surface area contributed by atoms with Gasteiger partial charge in [-0.1, -0.05) is 31.2 Å². The van der Waals surface area contributed by atoms with Gasteiger partial charge in [0.15, 0.2) is 0 Å². The highest BCUT2D eigenvalue weighted by Gasteiger charge is 2.18. The molecule has 1 amide bonds. The fraction of sp³-hybridized carbons (Fsp3) is 0.353. The first-order valence-electron chi connectivity index (χ1n) is 7.19. The minimum atomic E-state index is -0.0389. The largest absolute Gasteiger partial charge is 0.325 e. The van der Waals surface area contributed by atoms with Crippen LogP contribution in [0.25, 0.3) is 10.8 Å². The summed E-state index contributed by atoms with van der Waals surface area (Å²) in [4.78, 5) is 12.2. The highest BCUT2D eigenvalue weighted by Crippen LogP contribution is 2.35. The average Bonchev–Trinajstić information content (AvgIpc) is 2.87. The summed E-state index contributed by atoms with van der Waals surface area (Å²) in [5.74, 6) is 0.0288. The Kier molecular flexibility index (Phi) is 3.45. The molecule has 1 atom stereocenters. The Morgan fingerprint density at radius 1 is 1.20 bits per heavy atom. The Morgan fingerprint density at radius 2 is 1.95 bits per heavy atom. The molecule has 0 fully saturated rings. The maximum absolute atomic E-state index is 12.2. The maximum atomic E-state index is 12.2. The van der Waals surface area contributed by atoms with E-state index in [9.17, 15) is 4.79 Å². The number of carbonyl (C=O) groups excluding carboxylic acids is 1. The molecule has 20 heavy (non-hydrogen) atoms. The SMILES string of the molecule is CNCC(C)C(=O)Nc1ccc2c3c(cccc13)CC2. The van der Waals surface area contributed by atoms with Crippen LogP contribution in [0.2, 0.25) is 0 Å². The van der Waals surface area contributed by atoms with Gasteiger partial charge in [-0.3, -0.25) is 4.79 Å². The predicted octanol–water partition coefficient (Wildman–Crippen LogP) is 2.73. The Hall–Kier alpha value is -1.87. The van der Waals surface area contributed by atoms with Crippen molar-refractivity contribution in [1.82, 2.24) is 5.32 Å². The van der Waals surface area contributed by atoms with Crippen molar-refractivity contribution >= 4 is 22.4 Å². The third-order valence-electron chi connectivity index (χ3n) is 4.09. The fourth-order valence-corrected chi connectivity index (χ4v) is 3.01. The van der Waals surface area contributed by atoms with Crippen molar-refractivity contribution in [2.45, 2.75) is 19.8 Å². The number of aryl methyl sites for hydroxylation is 2. The van der Waals surface area contributed by atoms with Crippen LogP contribution < -0.4 is 10.6 Å². The Balaban J connectivity index is 1.96. The van der Waals surface area contributed by atoms with Gasteiger partial charge in [-0.25, -0.2) is 0 Å². The molecule has 0 aromatic heterocycles. The van der Waals surface area contributed by atoms with Crippen LogP contribution in [0.3, 0.4) is 0 Å². The van der Waals surface area contributed by atoms with Crippen LogP contribution in [0.4, 0.5) is 5.69 Å². The van der Waals surface area contributed by atoms with Gasteiger partial charge in [0, 0.05) is 23.5 Å². The van der Waals surface area contributed by atoms with Gasteiger partial charge >= 0.3 is 0 Å². The molecule has 1 unspecified atom stereocenters. The zero-order valence-electron chi connectivity index (χ0n) is 12.0. The summed E-state index contributed by atoms with van der Waals surface area (Å²) in [7, 11) is 1.86. The lowest BCUT2D eigenvalue weighted by atomic mass is 10.0. The highest BCUT2D eigenvalue weighted by atomic mass is 16.1. The number of benzene rings is 2. The van der Waals surface area contributed by atoms with Gasteiger partial charge in [0.2, 0.25) is 5.91 Å². The molecule has 3 rings (SSSR count). The lowest BCUT2D eigenvalue weighted by molar-refractivity contribution is -0.119. The zero-order valence-corrected chi connectivity index (χ0v) is 12.0. The summed E-state index contributed by atoms with van der Waals surface area (Å²) in [6.45, 7) is 2.62. The van der Waals surface area contributed by atoms with Gasteiger partial charge in [0.05, 0.1) is 0 Å². The van der Waals surface area contributed by atoms with Crippen LogP contribution in [0.5, 0.6) is 0 Å². The van der Waals surface area contributed by atoms with E-state index in [0.717, 1.165) is 18.5 Å². The molecule has 2 aromatic carbocycles. The molecule has 104 valence electrons. The Morgan fingerprint density at radius 3 is 2.70 bits per heavy atom. The molecular formula is C17H20N2O. The van der Waals surface area contributed by atoms with Crippen LogP contribution in [0.15, 0.2) is 30.3 Å². The summed E-state index contributed by atoms with van der Waals surface area (Å²) >= 11 is 0. The molecule has 0 heterocycles. The number of rotatable bonds is 4. The van der Waals surface area contributed by atoms with Gasteiger partial charge in [-0.2, -0.15) is 0 Å². The Labute approximate surface area is 119 Å². The summed E-state index contributed by atoms with van der Waals surface area (Å²) in [5.41, 5.74) is 3.73. The summed E-state index contributed by atoms with van der Waals surface area (Å²) in [6.07, 6.45) is 2.22. The first kappa shape index (κ1) is 13.1. The molecule has 0 radical (unpaired) electrons. The molecule has 3 nitrogen and oxygen atoms in total. The molecular weight excluding hydrogens is 248 g/mol. The van der Waals surface area contributed by atoms with Crippen molar-refractivity contribution in [2.75, 3.05) is 18.9 Å². The van der Waals surface area contributed by atoms with E-state index >= 15 is 0 Å². The normalized spacial score (nSPS) is 14.5. The van der Waals surface area contributed by atoms with E-state index in [1.807, 2.05) is 20.0 Å². The smallest absolute Gasteiger partial charge is 0.228 e. The number of hydrogen-bond donors (Lipinski definition) is 2. The molecule has 0 saturated carbocycles. The second-order valence-corrected chi connectivity index (χ2v) is 5.56. The molecule has 1 aliphatic rings. The van der Waals surface area contributed by atoms with E-state index < -0.39 is 0 Å². The third kappa shape index (κ3) is 2.18. The van der Waals surface area contributed by atoms with Crippen molar-refractivity contribution < 1.29 is 4.79 Å². The lowest BCUT2D eigenvalue weighted by Gasteiger charge is -2.14. The van der Waals surface area contributed by atoms with Crippen LogP contribution in [0, 0.1) is 5.92 Å². The van der Waals surface area contributed by atoms with Crippen molar-refractivity contribution in [1.29, 1.82) is 0 Å². The van der Waals surface area contributed by atoms with Crippen LogP contribution >= 0.6 is 0 Å². The molecule has 0 saturated heterocycles. The van der Waals surface area contributed by atoms with Gasteiger partial charge in [-0.05, 0) is 42.5 Å². The van der Waals surface area contributed by atoms with Gasteiger partial charge < -0.3 is 10.6 Å².